The molecule has 0 heterocycles. The van der Waals surface area contributed by atoms with Crippen LogP contribution < -0.4 is 0 Å². The molecule has 0 aromatic carbocycles. The van der Waals surface area contributed by atoms with Gasteiger partial charge < -0.3 is 0 Å². The van der Waals surface area contributed by atoms with E-state index in [1.165, 1.54) is 28.2 Å². The summed E-state index contributed by atoms with van der Waals surface area (Å²) in [5.41, 5.74) is 0. The van der Waals surface area contributed by atoms with Gasteiger partial charge in [0.25, 0.3) is 0 Å². The third-order valence-corrected chi connectivity index (χ3v) is 2.44. The summed E-state index contributed by atoms with van der Waals surface area (Å²) in [6, 6.07) is 0. The van der Waals surface area contributed by atoms with Crippen molar-refractivity contribution in [2.45, 2.75) is 0 Å². The highest BCUT2D eigenvalue weighted by Crippen LogP contribution is 2.51. The Hall–Kier alpha value is 0.570. The second-order valence-corrected chi connectivity index (χ2v) is 4.69. The average Bonchev–Trinajstić information content (AvgIpc) is 1.76. The Balaban J connectivity index is 4.41. The summed E-state index contributed by atoms with van der Waals surface area (Å²) >= 11 is 10.3. The number of hydrogen-bond donors (Lipinski definition) is 0. The van der Waals surface area contributed by atoms with Crippen LogP contribution in [0.1, 0.15) is 0 Å². The zero-order valence-corrected chi connectivity index (χ0v) is 10.6. The van der Waals surface area contributed by atoms with E-state index in [2.05, 4.69) is 4.62 Å². The molecule has 0 radical (unpaired) electrons. The first-order valence-electron chi connectivity index (χ1n) is 3.40. The van der Waals surface area contributed by atoms with Crippen LogP contribution in [0, 0.1) is 0 Å². The number of hydroxylamine groups is 4. The van der Waals surface area contributed by atoms with Crippen molar-refractivity contribution in [1.82, 2.24) is 14.2 Å². The van der Waals surface area contributed by atoms with Gasteiger partial charge in [0.1, 0.15) is 0 Å². The molecular weight excluding hydrogens is 256 g/mol. The molecule has 86 valence electrons. The van der Waals surface area contributed by atoms with Gasteiger partial charge in [0.15, 0.2) is 0 Å². The van der Waals surface area contributed by atoms with E-state index in [9.17, 15) is 4.57 Å². The predicted molar refractivity (Wildman–Crippen MR) is 51.8 cm³/mol. The standard InChI is InChI=1S/C4H12Cl2N3O4P/c1-7(2)11-14(10,12-8(3)4)13-9(5)6/h1-4H3. The van der Waals surface area contributed by atoms with Gasteiger partial charge in [-0.1, -0.05) is 0 Å². The van der Waals surface area contributed by atoms with Gasteiger partial charge in [-0.3, -0.25) is 0 Å². The van der Waals surface area contributed by atoms with Gasteiger partial charge in [-0.15, -0.1) is 0 Å². The topological polar surface area (TPSA) is 54.5 Å². The largest absolute Gasteiger partial charge is 0.527 e. The molecule has 0 amide bonds. The van der Waals surface area contributed by atoms with E-state index in [4.69, 9.17) is 32.8 Å². The van der Waals surface area contributed by atoms with Crippen molar-refractivity contribution in [3.63, 3.8) is 0 Å². The fourth-order valence-corrected chi connectivity index (χ4v) is 2.01. The summed E-state index contributed by atoms with van der Waals surface area (Å²) in [6.07, 6.45) is 0. The van der Waals surface area contributed by atoms with Gasteiger partial charge in [0, 0.05) is 55.8 Å². The molecule has 0 spiro atoms. The van der Waals surface area contributed by atoms with E-state index in [1.54, 1.807) is 0 Å². The highest BCUT2D eigenvalue weighted by molar-refractivity contribution is 7.48. The van der Waals surface area contributed by atoms with Crippen molar-refractivity contribution in [2.24, 2.45) is 0 Å². The maximum absolute atomic E-state index is 11.7. The van der Waals surface area contributed by atoms with Gasteiger partial charge in [0.2, 0.25) is 0 Å². The van der Waals surface area contributed by atoms with Gasteiger partial charge in [0.05, 0.1) is 0 Å². The second-order valence-electron chi connectivity index (χ2n) is 2.52. The molecule has 0 atom stereocenters. The molecule has 0 saturated carbocycles. The van der Waals surface area contributed by atoms with E-state index >= 15 is 0 Å². The van der Waals surface area contributed by atoms with E-state index < -0.39 is 7.82 Å². The third kappa shape index (κ3) is 6.94. The molecule has 0 N–H and O–H groups in total. The first kappa shape index (κ1) is 14.6. The first-order chi connectivity index (χ1) is 6.25. The summed E-state index contributed by atoms with van der Waals surface area (Å²) in [6.45, 7) is 0. The lowest BCUT2D eigenvalue weighted by atomic mass is 11.2. The van der Waals surface area contributed by atoms with Crippen LogP contribution in [0.2, 0.25) is 0 Å². The molecule has 7 nitrogen and oxygen atoms in total. The Morgan fingerprint density at radius 3 is 1.50 bits per heavy atom. The van der Waals surface area contributed by atoms with E-state index in [0.29, 0.717) is 0 Å². The van der Waals surface area contributed by atoms with Crippen molar-refractivity contribution in [3.8, 4) is 0 Å². The summed E-state index contributed by atoms with van der Waals surface area (Å²) < 4.78 is 25.8. The Labute approximate surface area is 92.7 Å². The number of halogens is 2. The first-order valence-corrected chi connectivity index (χ1v) is 5.54. The van der Waals surface area contributed by atoms with Crippen LogP contribution in [-0.4, -0.2) is 42.4 Å². The number of hydrogen-bond acceptors (Lipinski definition) is 7. The minimum atomic E-state index is -3.87. The van der Waals surface area contributed by atoms with E-state index in [0.717, 1.165) is 10.1 Å². The van der Waals surface area contributed by atoms with Gasteiger partial charge in [-0.05, 0) is 0 Å². The molecule has 10 heteroatoms. The zero-order valence-electron chi connectivity index (χ0n) is 8.18. The molecule has 0 aliphatic heterocycles. The fraction of sp³-hybridized carbons (Fsp3) is 1.00. The Morgan fingerprint density at radius 2 is 1.29 bits per heavy atom. The molecule has 0 rings (SSSR count). The minimum absolute atomic E-state index is 0.202. The van der Waals surface area contributed by atoms with Crippen molar-refractivity contribution in [1.29, 1.82) is 0 Å². The predicted octanol–water partition coefficient (Wildman–Crippen LogP) is 1.62. The Bertz CT molecular complexity index is 181. The van der Waals surface area contributed by atoms with E-state index in [1.807, 2.05) is 0 Å². The third-order valence-electron chi connectivity index (χ3n) is 0.688. The lowest BCUT2D eigenvalue weighted by Gasteiger charge is -2.22. The number of phosphoric acid groups is 1. The fourth-order valence-electron chi connectivity index (χ4n) is 0.520. The van der Waals surface area contributed by atoms with Gasteiger partial charge in [-0.2, -0.15) is 24.0 Å². The monoisotopic (exact) mass is 267 g/mol. The zero-order chi connectivity index (χ0) is 11.4. The maximum atomic E-state index is 11.7. The van der Waals surface area contributed by atoms with Gasteiger partial charge in [-0.25, -0.2) is 4.57 Å². The molecule has 0 aliphatic carbocycles. The molecule has 0 fully saturated rings. The highest BCUT2D eigenvalue weighted by Gasteiger charge is 2.33. The SMILES string of the molecule is CN(C)OP(=O)(ON(C)C)ON(Cl)Cl. The molecule has 0 aromatic rings. The molecule has 0 saturated heterocycles. The maximum Gasteiger partial charge on any atom is 0.527 e. The molecule has 14 heavy (non-hydrogen) atoms. The van der Waals surface area contributed by atoms with Crippen molar-refractivity contribution >= 4 is 31.4 Å². The number of nitrogens with zero attached hydrogens (tertiary/aromatic N) is 3. The summed E-state index contributed by atoms with van der Waals surface area (Å²) in [5, 5.41) is 2.28. The summed E-state index contributed by atoms with van der Waals surface area (Å²) in [4.78, 5) is 0. The molecule has 0 aliphatic rings. The average molecular weight is 268 g/mol. The molecular formula is C4H12Cl2N3O4P. The summed E-state index contributed by atoms with van der Waals surface area (Å²) in [5.74, 6) is 0. The van der Waals surface area contributed by atoms with Crippen LogP contribution in [0.15, 0.2) is 0 Å². The minimum Gasteiger partial charge on any atom is -0.223 e. The second kappa shape index (κ2) is 6.22. The van der Waals surface area contributed by atoms with Crippen LogP contribution in [0.3, 0.4) is 0 Å². The lowest BCUT2D eigenvalue weighted by molar-refractivity contribution is -0.123. The molecule has 0 unspecified atom stereocenters. The van der Waals surface area contributed by atoms with Crippen molar-refractivity contribution < 1.29 is 18.4 Å². The normalized spacial score (nSPS) is 13.2. The number of rotatable bonds is 6. The van der Waals surface area contributed by atoms with E-state index in [-0.39, 0.29) is 4.10 Å². The van der Waals surface area contributed by atoms with Crippen molar-refractivity contribution in [3.05, 3.63) is 0 Å². The van der Waals surface area contributed by atoms with Crippen LogP contribution in [0.25, 0.3) is 0 Å². The molecule has 0 bridgehead atoms. The quantitative estimate of drug-likeness (QED) is 0.412. The Kier molecular flexibility index (Phi) is 6.47. The highest BCUT2D eigenvalue weighted by atomic mass is 35.5. The van der Waals surface area contributed by atoms with Crippen LogP contribution in [0.4, 0.5) is 0 Å². The molecule has 0 aromatic heterocycles. The Morgan fingerprint density at radius 1 is 0.929 bits per heavy atom. The summed E-state index contributed by atoms with van der Waals surface area (Å²) in [7, 11) is 2.13. The van der Waals surface area contributed by atoms with Crippen LogP contribution >= 0.6 is 31.4 Å². The van der Waals surface area contributed by atoms with Crippen molar-refractivity contribution in [2.75, 3.05) is 28.2 Å². The smallest absolute Gasteiger partial charge is 0.223 e. The van der Waals surface area contributed by atoms with Gasteiger partial charge >= 0.3 is 7.82 Å². The van der Waals surface area contributed by atoms with Crippen LogP contribution in [-0.2, 0) is 18.4 Å². The van der Waals surface area contributed by atoms with Crippen LogP contribution in [0.5, 0.6) is 0 Å². The lowest BCUT2D eigenvalue weighted by Crippen LogP contribution is -2.19.